The lowest BCUT2D eigenvalue weighted by Gasteiger charge is -2.36. The van der Waals surface area contributed by atoms with Crippen LogP contribution in [-0.4, -0.2) is 52.6 Å². The minimum atomic E-state index is -3.66. The van der Waals surface area contributed by atoms with Gasteiger partial charge in [0.25, 0.3) is 0 Å². The molecule has 0 radical (unpaired) electrons. The first-order valence-electron chi connectivity index (χ1n) is 8.51. The zero-order valence-electron chi connectivity index (χ0n) is 14.6. The normalized spacial score (nSPS) is 15.7. The maximum Gasteiger partial charge on any atom is 0.238 e. The van der Waals surface area contributed by atoms with Gasteiger partial charge in [0, 0.05) is 38.4 Å². The zero-order valence-corrected chi connectivity index (χ0v) is 17.0. The van der Waals surface area contributed by atoms with E-state index in [0.717, 1.165) is 38.4 Å². The smallest absolute Gasteiger partial charge is 0.238 e. The molecule has 0 aromatic heterocycles. The van der Waals surface area contributed by atoms with Crippen LogP contribution in [0.2, 0.25) is 10.0 Å². The lowest BCUT2D eigenvalue weighted by molar-refractivity contribution is 0.200. The highest BCUT2D eigenvalue weighted by atomic mass is 35.5. The molecule has 0 saturated carbocycles. The number of para-hydroxylation sites is 1. The van der Waals surface area contributed by atoms with Crippen LogP contribution in [0.3, 0.4) is 0 Å². The summed E-state index contributed by atoms with van der Waals surface area (Å²) in [6.07, 6.45) is 0. The molecule has 0 unspecified atom stereocenters. The van der Waals surface area contributed by atoms with Crippen LogP contribution in [-0.2, 0) is 10.0 Å². The third kappa shape index (κ3) is 5.27. The van der Waals surface area contributed by atoms with E-state index >= 15 is 0 Å². The van der Waals surface area contributed by atoms with Crippen LogP contribution in [0.5, 0.6) is 5.75 Å². The van der Waals surface area contributed by atoms with E-state index in [-0.39, 0.29) is 4.90 Å². The van der Waals surface area contributed by atoms with Crippen LogP contribution in [0.1, 0.15) is 0 Å². The molecule has 0 amide bonds. The molecule has 1 aliphatic heterocycles. The highest BCUT2D eigenvalue weighted by molar-refractivity contribution is 7.89. The van der Waals surface area contributed by atoms with E-state index < -0.39 is 10.0 Å². The molecule has 0 aliphatic carbocycles. The number of hydrogen-bond acceptors (Lipinski definition) is 5. The summed E-state index contributed by atoms with van der Waals surface area (Å²) in [5, 5.41) is 6.15. The number of sulfonamides is 1. The van der Waals surface area contributed by atoms with Crippen molar-refractivity contribution in [3.63, 3.8) is 0 Å². The molecule has 0 spiro atoms. The molecular formula is C18H21Cl2N3O3S. The average Bonchev–Trinajstić information content (AvgIpc) is 2.64. The fourth-order valence-corrected chi connectivity index (χ4v) is 4.00. The van der Waals surface area contributed by atoms with Gasteiger partial charge in [-0.25, -0.2) is 13.6 Å². The molecule has 2 aromatic carbocycles. The monoisotopic (exact) mass is 429 g/mol. The maximum atomic E-state index is 11.3. The Balaban J connectivity index is 1.48. The van der Waals surface area contributed by atoms with E-state index in [1.54, 1.807) is 30.3 Å². The Labute approximate surface area is 169 Å². The van der Waals surface area contributed by atoms with Crippen molar-refractivity contribution >= 4 is 38.9 Å². The third-order valence-electron chi connectivity index (χ3n) is 4.48. The van der Waals surface area contributed by atoms with Crippen molar-refractivity contribution in [2.75, 3.05) is 44.2 Å². The van der Waals surface area contributed by atoms with Gasteiger partial charge in [-0.15, -0.1) is 0 Å². The van der Waals surface area contributed by atoms with Crippen molar-refractivity contribution in [3.8, 4) is 5.75 Å². The standard InChI is InChI=1S/C18H21Cl2N3O3S/c19-16-2-1-3-17(20)18(16)26-13-12-22-8-10-23(11-9-22)14-4-6-15(7-5-14)27(21,24)25/h1-7H,8-13H2,(H2,21,24,25). The number of anilines is 1. The van der Waals surface area contributed by atoms with E-state index in [4.69, 9.17) is 33.1 Å². The zero-order chi connectivity index (χ0) is 19.4. The number of primary sulfonamides is 1. The summed E-state index contributed by atoms with van der Waals surface area (Å²) >= 11 is 12.2. The fourth-order valence-electron chi connectivity index (χ4n) is 2.97. The first kappa shape index (κ1) is 20.2. The summed E-state index contributed by atoms with van der Waals surface area (Å²) in [5.74, 6) is 0.523. The second-order valence-corrected chi connectivity index (χ2v) is 8.64. The summed E-state index contributed by atoms with van der Waals surface area (Å²) in [6.45, 7) is 4.75. The van der Waals surface area contributed by atoms with Crippen LogP contribution in [0.15, 0.2) is 47.4 Å². The third-order valence-corrected chi connectivity index (χ3v) is 6.00. The average molecular weight is 430 g/mol. The van der Waals surface area contributed by atoms with Crippen LogP contribution < -0.4 is 14.8 Å². The SMILES string of the molecule is NS(=O)(=O)c1ccc(N2CCN(CCOc3c(Cl)cccc3Cl)CC2)cc1. The summed E-state index contributed by atoms with van der Waals surface area (Å²) in [5.41, 5.74) is 0.987. The number of halogens is 2. The van der Waals surface area contributed by atoms with Gasteiger partial charge in [-0.1, -0.05) is 29.3 Å². The second kappa shape index (κ2) is 8.67. The number of nitrogens with zero attached hydrogens (tertiary/aromatic N) is 2. The van der Waals surface area contributed by atoms with Gasteiger partial charge in [0.1, 0.15) is 6.61 Å². The number of piperazine rings is 1. The first-order chi connectivity index (χ1) is 12.8. The number of benzene rings is 2. The molecule has 9 heteroatoms. The van der Waals surface area contributed by atoms with Crippen LogP contribution in [0.4, 0.5) is 5.69 Å². The number of ether oxygens (including phenoxy) is 1. The maximum absolute atomic E-state index is 11.3. The van der Waals surface area contributed by atoms with Crippen LogP contribution in [0.25, 0.3) is 0 Å². The summed E-state index contributed by atoms with van der Waals surface area (Å²) in [7, 11) is -3.66. The van der Waals surface area contributed by atoms with E-state index in [0.29, 0.717) is 22.4 Å². The molecule has 27 heavy (non-hydrogen) atoms. The van der Waals surface area contributed by atoms with Crippen LogP contribution >= 0.6 is 23.2 Å². The van der Waals surface area contributed by atoms with Crippen molar-refractivity contribution in [1.29, 1.82) is 0 Å². The summed E-state index contributed by atoms with van der Waals surface area (Å²) < 4.78 is 28.4. The molecule has 3 rings (SSSR count). The highest BCUT2D eigenvalue weighted by Gasteiger charge is 2.18. The van der Waals surface area contributed by atoms with E-state index in [1.807, 2.05) is 0 Å². The molecule has 146 valence electrons. The Morgan fingerprint density at radius 1 is 0.963 bits per heavy atom. The Bertz CT molecular complexity index is 863. The Morgan fingerprint density at radius 3 is 2.11 bits per heavy atom. The van der Waals surface area contributed by atoms with Gasteiger partial charge >= 0.3 is 0 Å². The molecule has 2 N–H and O–H groups in total. The van der Waals surface area contributed by atoms with E-state index in [1.165, 1.54) is 12.1 Å². The molecule has 1 aliphatic rings. The van der Waals surface area contributed by atoms with Gasteiger partial charge in [0.05, 0.1) is 14.9 Å². The van der Waals surface area contributed by atoms with Crippen molar-refractivity contribution in [3.05, 3.63) is 52.5 Å². The van der Waals surface area contributed by atoms with E-state index in [9.17, 15) is 8.42 Å². The Morgan fingerprint density at radius 2 is 1.56 bits per heavy atom. The molecule has 2 aromatic rings. The van der Waals surface area contributed by atoms with Crippen LogP contribution in [0, 0.1) is 0 Å². The highest BCUT2D eigenvalue weighted by Crippen LogP contribution is 2.32. The lowest BCUT2D eigenvalue weighted by atomic mass is 10.2. The quantitative estimate of drug-likeness (QED) is 0.763. The topological polar surface area (TPSA) is 75.9 Å². The predicted molar refractivity (Wildman–Crippen MR) is 108 cm³/mol. The second-order valence-electron chi connectivity index (χ2n) is 6.27. The van der Waals surface area contributed by atoms with Crippen molar-refractivity contribution < 1.29 is 13.2 Å². The Kier molecular flexibility index (Phi) is 6.49. The van der Waals surface area contributed by atoms with Gasteiger partial charge in [-0.2, -0.15) is 0 Å². The first-order valence-corrected chi connectivity index (χ1v) is 10.8. The minimum absolute atomic E-state index is 0.125. The Hall–Kier alpha value is -1.51. The van der Waals surface area contributed by atoms with E-state index in [2.05, 4.69) is 9.80 Å². The van der Waals surface area contributed by atoms with Gasteiger partial charge < -0.3 is 9.64 Å². The van der Waals surface area contributed by atoms with Gasteiger partial charge in [-0.3, -0.25) is 4.90 Å². The minimum Gasteiger partial charge on any atom is -0.489 e. The van der Waals surface area contributed by atoms with Gasteiger partial charge in [0.15, 0.2) is 5.75 Å². The molecular weight excluding hydrogens is 409 g/mol. The van der Waals surface area contributed by atoms with Crippen molar-refractivity contribution in [2.45, 2.75) is 4.90 Å². The van der Waals surface area contributed by atoms with Gasteiger partial charge in [-0.05, 0) is 36.4 Å². The number of hydrogen-bond donors (Lipinski definition) is 1. The fraction of sp³-hybridized carbons (Fsp3) is 0.333. The van der Waals surface area contributed by atoms with Crippen molar-refractivity contribution in [1.82, 2.24) is 4.90 Å². The largest absolute Gasteiger partial charge is 0.489 e. The molecule has 0 atom stereocenters. The molecule has 1 saturated heterocycles. The number of nitrogens with two attached hydrogens (primary N) is 1. The van der Waals surface area contributed by atoms with Gasteiger partial charge in [0.2, 0.25) is 10.0 Å². The molecule has 1 heterocycles. The molecule has 1 fully saturated rings. The molecule has 0 bridgehead atoms. The summed E-state index contributed by atoms with van der Waals surface area (Å²) in [6, 6.07) is 11.9. The summed E-state index contributed by atoms with van der Waals surface area (Å²) in [4.78, 5) is 4.65. The number of rotatable bonds is 6. The predicted octanol–water partition coefficient (Wildman–Crippen LogP) is 2.84. The lowest BCUT2D eigenvalue weighted by Crippen LogP contribution is -2.47. The molecule has 6 nitrogen and oxygen atoms in total. The van der Waals surface area contributed by atoms with Crippen molar-refractivity contribution in [2.24, 2.45) is 5.14 Å².